The minimum atomic E-state index is -3.81. The second kappa shape index (κ2) is 10.1. The van der Waals surface area contributed by atoms with Gasteiger partial charge in [0.05, 0.1) is 12.0 Å². The van der Waals surface area contributed by atoms with E-state index in [4.69, 9.17) is 10.5 Å². The number of nitrogens with one attached hydrogen (secondary N) is 1. The summed E-state index contributed by atoms with van der Waals surface area (Å²) in [4.78, 5) is 11.6. The molecule has 7 nitrogen and oxygen atoms in total. The molecule has 0 aliphatic carbocycles. The summed E-state index contributed by atoms with van der Waals surface area (Å²) in [6, 6.07) is 3.15. The normalized spacial score (nSPS) is 18.0. The van der Waals surface area contributed by atoms with Gasteiger partial charge in [-0.2, -0.15) is 4.31 Å². The number of carbonyl (C=O) groups excluding carboxylic acids is 1. The fourth-order valence-electron chi connectivity index (χ4n) is 2.88. The van der Waals surface area contributed by atoms with Gasteiger partial charge in [0.2, 0.25) is 15.9 Å². The Bertz CT molecular complexity index is 717. The molecule has 1 heterocycles. The molecule has 1 saturated heterocycles. The Labute approximate surface area is 159 Å². The van der Waals surface area contributed by atoms with Gasteiger partial charge in [0.1, 0.15) is 0 Å². The molecule has 1 amide bonds. The lowest BCUT2D eigenvalue weighted by molar-refractivity contribution is -0.121. The number of halogens is 2. The molecule has 1 aliphatic heterocycles. The minimum Gasteiger partial charge on any atom is -0.494 e. The molecule has 0 radical (unpaired) electrons. The van der Waals surface area contributed by atoms with E-state index in [1.54, 1.807) is 0 Å². The van der Waals surface area contributed by atoms with E-state index in [9.17, 15) is 17.6 Å². The summed E-state index contributed by atoms with van der Waals surface area (Å²) in [5.74, 6) is -0.939. The van der Waals surface area contributed by atoms with Gasteiger partial charge in [0, 0.05) is 38.2 Å². The number of hydrogen-bond acceptors (Lipinski definition) is 5. The summed E-state index contributed by atoms with van der Waals surface area (Å²) in [5, 5.41) is 2.73. The van der Waals surface area contributed by atoms with Gasteiger partial charge in [-0.15, -0.1) is 12.4 Å². The van der Waals surface area contributed by atoms with Gasteiger partial charge in [-0.1, -0.05) is 6.42 Å². The van der Waals surface area contributed by atoms with Crippen LogP contribution in [0.15, 0.2) is 23.1 Å². The van der Waals surface area contributed by atoms with E-state index in [1.165, 1.54) is 23.5 Å². The summed E-state index contributed by atoms with van der Waals surface area (Å²) >= 11 is 0. The largest absolute Gasteiger partial charge is 0.494 e. The quantitative estimate of drug-likeness (QED) is 0.706. The molecule has 1 unspecified atom stereocenters. The zero-order chi connectivity index (χ0) is 18.4. The zero-order valence-corrected chi connectivity index (χ0v) is 16.2. The van der Waals surface area contributed by atoms with E-state index in [-0.39, 0.29) is 54.5 Å². The number of hydrogen-bond donors (Lipinski definition) is 2. The molecule has 1 aromatic rings. The first-order valence-electron chi connectivity index (χ1n) is 8.22. The second-order valence-corrected chi connectivity index (χ2v) is 7.80. The third kappa shape index (κ3) is 5.29. The number of rotatable bonds is 7. The van der Waals surface area contributed by atoms with Crippen molar-refractivity contribution < 1.29 is 22.3 Å². The Morgan fingerprint density at radius 2 is 2.15 bits per heavy atom. The van der Waals surface area contributed by atoms with Crippen molar-refractivity contribution in [2.75, 3.05) is 26.7 Å². The summed E-state index contributed by atoms with van der Waals surface area (Å²) in [6.45, 7) is 0.837. The van der Waals surface area contributed by atoms with E-state index in [1.807, 2.05) is 0 Å². The molecule has 1 aromatic carbocycles. The van der Waals surface area contributed by atoms with Gasteiger partial charge in [-0.25, -0.2) is 12.8 Å². The third-order valence-corrected chi connectivity index (χ3v) is 6.16. The fraction of sp³-hybridized carbons (Fsp3) is 0.562. The Morgan fingerprint density at radius 1 is 1.42 bits per heavy atom. The summed E-state index contributed by atoms with van der Waals surface area (Å²) in [5.41, 5.74) is 5.34. The van der Waals surface area contributed by atoms with Crippen LogP contribution in [-0.4, -0.2) is 51.4 Å². The molecule has 0 aromatic heterocycles. The second-order valence-electron chi connectivity index (χ2n) is 5.90. The van der Waals surface area contributed by atoms with E-state index < -0.39 is 15.8 Å². The van der Waals surface area contributed by atoms with Crippen molar-refractivity contribution in [3.8, 4) is 5.75 Å². The highest BCUT2D eigenvalue weighted by molar-refractivity contribution is 7.89. The molecular weight excluding hydrogens is 385 g/mol. The molecule has 1 aliphatic rings. The SMILES string of the molecule is COc1cc(S(=O)(=O)N2CCCCC2CNC(=O)CCN)ccc1F.Cl. The molecule has 0 saturated carbocycles. The van der Waals surface area contributed by atoms with Crippen molar-refractivity contribution in [3.05, 3.63) is 24.0 Å². The molecule has 148 valence electrons. The van der Waals surface area contributed by atoms with Crippen molar-refractivity contribution in [1.29, 1.82) is 0 Å². The number of carbonyl (C=O) groups is 1. The van der Waals surface area contributed by atoms with Crippen LogP contribution >= 0.6 is 12.4 Å². The van der Waals surface area contributed by atoms with Gasteiger partial charge < -0.3 is 15.8 Å². The first-order chi connectivity index (χ1) is 11.9. The number of methoxy groups -OCH3 is 1. The van der Waals surface area contributed by atoms with Crippen LogP contribution in [0.25, 0.3) is 0 Å². The lowest BCUT2D eigenvalue weighted by atomic mass is 10.1. The molecule has 0 bridgehead atoms. The molecule has 2 rings (SSSR count). The molecule has 10 heteroatoms. The molecule has 26 heavy (non-hydrogen) atoms. The number of ether oxygens (including phenoxy) is 1. The Hall–Kier alpha value is -1.42. The van der Waals surface area contributed by atoms with Gasteiger partial charge in [-0.05, 0) is 25.0 Å². The van der Waals surface area contributed by atoms with Gasteiger partial charge in [0.25, 0.3) is 0 Å². The molecule has 3 N–H and O–H groups in total. The average Bonchev–Trinajstić information content (AvgIpc) is 2.60. The first-order valence-corrected chi connectivity index (χ1v) is 9.66. The zero-order valence-electron chi connectivity index (χ0n) is 14.6. The lowest BCUT2D eigenvalue weighted by Gasteiger charge is -2.34. The standard InChI is InChI=1S/C16H24FN3O4S.ClH/c1-24-15-10-13(5-6-14(15)17)25(22,23)20-9-3-2-4-12(20)11-19-16(21)7-8-18;/h5-6,10,12H,2-4,7-9,11,18H2,1H3,(H,19,21);1H. The average molecular weight is 410 g/mol. The summed E-state index contributed by atoms with van der Waals surface area (Å²) < 4.78 is 45.7. The van der Waals surface area contributed by atoms with Crippen molar-refractivity contribution in [2.24, 2.45) is 5.73 Å². The highest BCUT2D eigenvalue weighted by atomic mass is 35.5. The van der Waals surface area contributed by atoms with Crippen LogP contribution in [0, 0.1) is 5.82 Å². The molecule has 1 atom stereocenters. The summed E-state index contributed by atoms with van der Waals surface area (Å²) in [7, 11) is -2.53. The lowest BCUT2D eigenvalue weighted by Crippen LogP contribution is -2.49. The molecule has 0 spiro atoms. The Kier molecular flexibility index (Phi) is 8.75. The number of nitrogens with zero attached hydrogens (tertiary/aromatic N) is 1. The predicted octanol–water partition coefficient (Wildman–Crippen LogP) is 1.26. The van der Waals surface area contributed by atoms with E-state index in [0.717, 1.165) is 18.9 Å². The van der Waals surface area contributed by atoms with Crippen LogP contribution < -0.4 is 15.8 Å². The van der Waals surface area contributed by atoms with E-state index in [0.29, 0.717) is 13.0 Å². The van der Waals surface area contributed by atoms with E-state index in [2.05, 4.69) is 5.32 Å². The maximum atomic E-state index is 13.6. The van der Waals surface area contributed by atoms with Gasteiger partial charge in [-0.3, -0.25) is 4.79 Å². The van der Waals surface area contributed by atoms with Crippen LogP contribution in [0.1, 0.15) is 25.7 Å². The Balaban J connectivity index is 0.00000338. The number of piperidine rings is 1. The maximum Gasteiger partial charge on any atom is 0.243 e. The topological polar surface area (TPSA) is 102 Å². The van der Waals surface area contributed by atoms with Crippen molar-refractivity contribution in [3.63, 3.8) is 0 Å². The number of amides is 1. The monoisotopic (exact) mass is 409 g/mol. The van der Waals surface area contributed by atoms with Crippen LogP contribution in [0.2, 0.25) is 0 Å². The minimum absolute atomic E-state index is 0. The van der Waals surface area contributed by atoms with Gasteiger partial charge >= 0.3 is 0 Å². The van der Waals surface area contributed by atoms with Crippen LogP contribution in [0.5, 0.6) is 5.75 Å². The summed E-state index contributed by atoms with van der Waals surface area (Å²) in [6.07, 6.45) is 2.48. The third-order valence-electron chi connectivity index (χ3n) is 4.21. The van der Waals surface area contributed by atoms with Crippen LogP contribution in [0.4, 0.5) is 4.39 Å². The van der Waals surface area contributed by atoms with Crippen LogP contribution in [0.3, 0.4) is 0 Å². The molecule has 1 fully saturated rings. The highest BCUT2D eigenvalue weighted by Gasteiger charge is 2.34. The van der Waals surface area contributed by atoms with Crippen molar-refractivity contribution in [1.82, 2.24) is 9.62 Å². The fourth-order valence-corrected chi connectivity index (χ4v) is 4.59. The smallest absolute Gasteiger partial charge is 0.243 e. The number of benzene rings is 1. The van der Waals surface area contributed by atoms with E-state index >= 15 is 0 Å². The first kappa shape index (κ1) is 22.6. The van der Waals surface area contributed by atoms with Crippen LogP contribution in [-0.2, 0) is 14.8 Å². The van der Waals surface area contributed by atoms with Crippen molar-refractivity contribution >= 4 is 28.3 Å². The number of nitrogens with two attached hydrogens (primary N) is 1. The maximum absolute atomic E-state index is 13.6. The number of sulfonamides is 1. The molecular formula is C16H25ClFN3O4S. The van der Waals surface area contributed by atoms with Gasteiger partial charge in [0.15, 0.2) is 11.6 Å². The Morgan fingerprint density at radius 3 is 2.81 bits per heavy atom. The van der Waals surface area contributed by atoms with Crippen molar-refractivity contribution in [2.45, 2.75) is 36.6 Å². The highest BCUT2D eigenvalue weighted by Crippen LogP contribution is 2.28. The predicted molar refractivity (Wildman–Crippen MR) is 98.4 cm³/mol.